The summed E-state index contributed by atoms with van der Waals surface area (Å²) >= 11 is 0. The molecule has 2 bridgehead atoms. The Hall–Kier alpha value is -1.81. The highest BCUT2D eigenvalue weighted by Gasteiger charge is 2.61. The molecule has 134 valence electrons. The molecule has 1 amide bonds. The minimum Gasteiger partial charge on any atom is -0.451 e. The summed E-state index contributed by atoms with van der Waals surface area (Å²) in [4.78, 5) is 13.0. The number of furan rings is 1. The van der Waals surface area contributed by atoms with Crippen molar-refractivity contribution in [3.63, 3.8) is 0 Å². The Labute approximate surface area is 148 Å². The van der Waals surface area contributed by atoms with Crippen molar-refractivity contribution < 1.29 is 13.9 Å². The molecule has 1 N–H and O–H groups in total. The Balaban J connectivity index is 1.64. The minimum atomic E-state index is -0.113. The number of rotatable bonds is 4. The first-order chi connectivity index (χ1) is 11.9. The summed E-state index contributed by atoms with van der Waals surface area (Å²) in [5.41, 5.74) is 2.00. The van der Waals surface area contributed by atoms with Gasteiger partial charge in [-0.15, -0.1) is 0 Å². The van der Waals surface area contributed by atoms with Gasteiger partial charge in [0.05, 0.1) is 6.61 Å². The quantitative estimate of drug-likeness (QED) is 0.889. The van der Waals surface area contributed by atoms with Crippen LogP contribution in [0, 0.1) is 16.7 Å². The van der Waals surface area contributed by atoms with Gasteiger partial charge in [0.25, 0.3) is 5.91 Å². The highest BCUT2D eigenvalue weighted by molar-refractivity contribution is 5.99. The number of benzene rings is 1. The molecule has 3 unspecified atom stereocenters. The lowest BCUT2D eigenvalue weighted by Crippen LogP contribution is -2.47. The number of hydrogen-bond donors (Lipinski definition) is 1. The molecule has 4 rings (SSSR count). The van der Waals surface area contributed by atoms with Gasteiger partial charge in [0.15, 0.2) is 5.76 Å². The SMILES string of the molecule is COCc1c(C(=O)NC2CC3CCC2(C)C3(C)C)oc2ccccc12. The zero-order chi connectivity index (χ0) is 17.8. The van der Waals surface area contributed by atoms with Crippen molar-refractivity contribution in [3.05, 3.63) is 35.6 Å². The van der Waals surface area contributed by atoms with Crippen LogP contribution in [0.25, 0.3) is 11.0 Å². The van der Waals surface area contributed by atoms with E-state index in [1.165, 1.54) is 12.8 Å². The van der Waals surface area contributed by atoms with E-state index in [9.17, 15) is 4.79 Å². The molecule has 25 heavy (non-hydrogen) atoms. The fraction of sp³-hybridized carbons (Fsp3) is 0.571. The molecule has 1 aromatic carbocycles. The Morgan fingerprint density at radius 2 is 2.08 bits per heavy atom. The van der Waals surface area contributed by atoms with Gasteiger partial charge in [-0.1, -0.05) is 39.0 Å². The maximum absolute atomic E-state index is 13.0. The van der Waals surface area contributed by atoms with Crippen LogP contribution in [0.5, 0.6) is 0 Å². The van der Waals surface area contributed by atoms with E-state index in [4.69, 9.17) is 9.15 Å². The van der Waals surface area contributed by atoms with Crippen LogP contribution in [0.15, 0.2) is 28.7 Å². The molecule has 0 aliphatic heterocycles. The van der Waals surface area contributed by atoms with Gasteiger partial charge in [-0.3, -0.25) is 4.79 Å². The molecule has 0 saturated heterocycles. The zero-order valence-electron chi connectivity index (χ0n) is 15.5. The largest absolute Gasteiger partial charge is 0.451 e. The molecule has 2 fully saturated rings. The summed E-state index contributed by atoms with van der Waals surface area (Å²) in [5, 5.41) is 4.25. The van der Waals surface area contributed by atoms with Crippen molar-refractivity contribution in [2.24, 2.45) is 16.7 Å². The smallest absolute Gasteiger partial charge is 0.287 e. The van der Waals surface area contributed by atoms with Crippen molar-refractivity contribution in [2.45, 2.75) is 52.7 Å². The predicted octanol–water partition coefficient (Wildman–Crippen LogP) is 4.52. The van der Waals surface area contributed by atoms with Crippen molar-refractivity contribution in [1.82, 2.24) is 5.32 Å². The van der Waals surface area contributed by atoms with Gasteiger partial charge >= 0.3 is 0 Å². The molecule has 2 aliphatic carbocycles. The maximum Gasteiger partial charge on any atom is 0.287 e. The molecule has 2 saturated carbocycles. The van der Waals surface area contributed by atoms with Gasteiger partial charge in [-0.25, -0.2) is 0 Å². The van der Waals surface area contributed by atoms with Crippen molar-refractivity contribution in [1.29, 1.82) is 0 Å². The standard InChI is InChI=1S/C21H27NO3/c1-20(2)13-9-10-21(20,3)17(11-13)22-19(23)18-15(12-24-4)14-7-5-6-8-16(14)25-18/h5-8,13,17H,9-12H2,1-4H3,(H,22,23). The van der Waals surface area contributed by atoms with Crippen LogP contribution < -0.4 is 5.32 Å². The number of carbonyl (C=O) groups excluding carboxylic acids is 1. The Morgan fingerprint density at radius 3 is 2.72 bits per heavy atom. The Bertz CT molecular complexity index is 822. The summed E-state index contributed by atoms with van der Waals surface area (Å²) in [7, 11) is 1.64. The highest BCUT2D eigenvalue weighted by Crippen LogP contribution is 2.65. The highest BCUT2D eigenvalue weighted by atomic mass is 16.5. The topological polar surface area (TPSA) is 51.5 Å². The van der Waals surface area contributed by atoms with E-state index >= 15 is 0 Å². The van der Waals surface area contributed by atoms with Crippen LogP contribution in [-0.2, 0) is 11.3 Å². The third-order valence-electron chi connectivity index (χ3n) is 7.29. The first kappa shape index (κ1) is 16.6. The molecular formula is C21H27NO3. The predicted molar refractivity (Wildman–Crippen MR) is 97.4 cm³/mol. The molecule has 2 aromatic rings. The van der Waals surface area contributed by atoms with E-state index in [1.54, 1.807) is 7.11 Å². The third kappa shape index (κ3) is 2.27. The number of hydrogen-bond acceptors (Lipinski definition) is 3. The summed E-state index contributed by atoms with van der Waals surface area (Å²) < 4.78 is 11.2. The second kappa shape index (κ2) is 5.60. The van der Waals surface area contributed by atoms with E-state index in [1.807, 2.05) is 24.3 Å². The molecular weight excluding hydrogens is 314 g/mol. The minimum absolute atomic E-state index is 0.113. The number of ether oxygens (including phenoxy) is 1. The molecule has 3 atom stereocenters. The number of amides is 1. The molecule has 1 heterocycles. The first-order valence-electron chi connectivity index (χ1n) is 9.18. The summed E-state index contributed by atoms with van der Waals surface area (Å²) in [6.45, 7) is 7.41. The summed E-state index contributed by atoms with van der Waals surface area (Å²) in [5.74, 6) is 0.974. The summed E-state index contributed by atoms with van der Waals surface area (Å²) in [6.07, 6.45) is 3.52. The monoisotopic (exact) mass is 341 g/mol. The van der Waals surface area contributed by atoms with Gasteiger partial charge < -0.3 is 14.5 Å². The van der Waals surface area contributed by atoms with Crippen LogP contribution >= 0.6 is 0 Å². The second-order valence-electron chi connectivity index (χ2n) is 8.48. The lowest BCUT2D eigenvalue weighted by Gasteiger charge is -2.39. The number of para-hydroxylation sites is 1. The normalized spacial score (nSPS) is 30.1. The van der Waals surface area contributed by atoms with E-state index in [0.29, 0.717) is 18.3 Å². The number of fused-ring (bicyclic) bond motifs is 3. The number of nitrogens with one attached hydrogen (secondary N) is 1. The van der Waals surface area contributed by atoms with Gasteiger partial charge in [0.2, 0.25) is 0 Å². The van der Waals surface area contributed by atoms with Crippen LogP contribution in [0.3, 0.4) is 0 Å². The number of methoxy groups -OCH3 is 1. The van der Waals surface area contributed by atoms with Gasteiger partial charge in [0, 0.05) is 24.1 Å². The van der Waals surface area contributed by atoms with Crippen molar-refractivity contribution in [3.8, 4) is 0 Å². The molecule has 2 aliphatic rings. The maximum atomic E-state index is 13.0. The molecule has 0 radical (unpaired) electrons. The van der Waals surface area contributed by atoms with Crippen LogP contribution in [-0.4, -0.2) is 19.1 Å². The van der Waals surface area contributed by atoms with Crippen molar-refractivity contribution >= 4 is 16.9 Å². The zero-order valence-corrected chi connectivity index (χ0v) is 15.5. The van der Waals surface area contributed by atoms with E-state index in [0.717, 1.165) is 23.0 Å². The van der Waals surface area contributed by atoms with E-state index in [2.05, 4.69) is 26.1 Å². The fourth-order valence-corrected chi connectivity index (χ4v) is 5.22. The van der Waals surface area contributed by atoms with Crippen LogP contribution in [0.1, 0.15) is 56.2 Å². The third-order valence-corrected chi connectivity index (χ3v) is 7.29. The summed E-state index contributed by atoms with van der Waals surface area (Å²) in [6, 6.07) is 7.96. The molecule has 0 spiro atoms. The lowest BCUT2D eigenvalue weighted by atomic mass is 9.69. The Kier molecular flexibility index (Phi) is 3.73. The Morgan fingerprint density at radius 1 is 1.32 bits per heavy atom. The molecule has 1 aromatic heterocycles. The van der Waals surface area contributed by atoms with Crippen molar-refractivity contribution in [2.75, 3.05) is 7.11 Å². The molecule has 4 heteroatoms. The van der Waals surface area contributed by atoms with Crippen LogP contribution in [0.4, 0.5) is 0 Å². The fourth-order valence-electron chi connectivity index (χ4n) is 5.22. The van der Waals surface area contributed by atoms with Gasteiger partial charge in [-0.05, 0) is 42.1 Å². The average molecular weight is 341 g/mol. The van der Waals surface area contributed by atoms with Crippen LogP contribution in [0.2, 0.25) is 0 Å². The lowest BCUT2D eigenvalue weighted by molar-refractivity contribution is 0.0797. The van der Waals surface area contributed by atoms with Gasteiger partial charge in [-0.2, -0.15) is 0 Å². The molecule has 4 nitrogen and oxygen atoms in total. The second-order valence-corrected chi connectivity index (χ2v) is 8.48. The number of carbonyl (C=O) groups is 1. The van der Waals surface area contributed by atoms with E-state index in [-0.39, 0.29) is 22.8 Å². The average Bonchev–Trinajstić information content (AvgIpc) is 3.12. The van der Waals surface area contributed by atoms with E-state index < -0.39 is 0 Å². The first-order valence-corrected chi connectivity index (χ1v) is 9.18. The van der Waals surface area contributed by atoms with Gasteiger partial charge in [0.1, 0.15) is 5.58 Å².